The Hall–Kier alpha value is -0.650. The van der Waals surface area contributed by atoms with Crippen LogP contribution in [0, 0.1) is 5.92 Å². The Bertz CT molecular complexity index is 263. The number of nitrogens with zero attached hydrogens (tertiary/aromatic N) is 1. The highest BCUT2D eigenvalue weighted by atomic mass is 16.3. The van der Waals surface area contributed by atoms with Gasteiger partial charge in [-0.2, -0.15) is 0 Å². The quantitative estimate of drug-likeness (QED) is 0.550. The molecule has 0 aromatic heterocycles. The molecule has 1 unspecified atom stereocenters. The molecule has 2 aliphatic rings. The van der Waals surface area contributed by atoms with Gasteiger partial charge in [0, 0.05) is 25.7 Å². The van der Waals surface area contributed by atoms with Gasteiger partial charge in [-0.15, -0.1) is 0 Å². The first-order valence-corrected chi connectivity index (χ1v) is 7.11. The average molecular weight is 255 g/mol. The van der Waals surface area contributed by atoms with Crippen molar-refractivity contribution in [3.05, 3.63) is 0 Å². The van der Waals surface area contributed by atoms with Gasteiger partial charge in [0.2, 0.25) is 5.91 Å². The molecule has 5 nitrogen and oxygen atoms in total. The maximum atomic E-state index is 11.8. The van der Waals surface area contributed by atoms with Crippen LogP contribution in [0.2, 0.25) is 0 Å². The van der Waals surface area contributed by atoms with Crippen LogP contribution in [0.1, 0.15) is 25.7 Å². The number of carbonyl (C=O) groups is 1. The fraction of sp³-hybridized carbons (Fsp3) is 0.923. The number of carbonyl (C=O) groups excluding carboxylic acids is 1. The third-order valence-electron chi connectivity index (χ3n) is 3.71. The normalized spacial score (nSPS) is 23.6. The van der Waals surface area contributed by atoms with Crippen molar-refractivity contribution in [2.45, 2.75) is 31.7 Å². The summed E-state index contributed by atoms with van der Waals surface area (Å²) >= 11 is 0. The monoisotopic (exact) mass is 255 g/mol. The summed E-state index contributed by atoms with van der Waals surface area (Å²) in [5.74, 6) is 0.810. The molecule has 18 heavy (non-hydrogen) atoms. The second-order valence-corrected chi connectivity index (χ2v) is 5.50. The summed E-state index contributed by atoms with van der Waals surface area (Å²) in [6, 6.07) is 0.479. The summed E-state index contributed by atoms with van der Waals surface area (Å²) in [6.07, 6.45) is 4.90. The number of hydrogen-bond acceptors (Lipinski definition) is 4. The van der Waals surface area contributed by atoms with E-state index in [4.69, 9.17) is 5.11 Å². The lowest BCUT2D eigenvalue weighted by molar-refractivity contribution is -0.122. The number of aliphatic hydroxyl groups excluding tert-OH is 1. The topological polar surface area (TPSA) is 64.6 Å². The van der Waals surface area contributed by atoms with Crippen molar-refractivity contribution in [2.24, 2.45) is 5.92 Å². The third-order valence-corrected chi connectivity index (χ3v) is 3.71. The molecule has 1 aliphatic carbocycles. The minimum absolute atomic E-state index is 0.0911. The minimum Gasteiger partial charge on any atom is -0.395 e. The van der Waals surface area contributed by atoms with E-state index in [1.807, 2.05) is 4.90 Å². The molecule has 5 heteroatoms. The summed E-state index contributed by atoms with van der Waals surface area (Å²) in [4.78, 5) is 13.8. The van der Waals surface area contributed by atoms with Crippen molar-refractivity contribution < 1.29 is 9.90 Å². The van der Waals surface area contributed by atoms with Crippen LogP contribution in [-0.4, -0.2) is 61.3 Å². The zero-order valence-electron chi connectivity index (χ0n) is 11.0. The predicted molar refractivity (Wildman–Crippen MR) is 70.3 cm³/mol. The summed E-state index contributed by atoms with van der Waals surface area (Å²) in [6.45, 7) is 3.86. The van der Waals surface area contributed by atoms with Gasteiger partial charge in [0.25, 0.3) is 0 Å². The van der Waals surface area contributed by atoms with Crippen LogP contribution in [0.4, 0.5) is 0 Å². The van der Waals surface area contributed by atoms with Crippen LogP contribution in [0.5, 0.6) is 0 Å². The van der Waals surface area contributed by atoms with Crippen molar-refractivity contribution >= 4 is 5.91 Å². The van der Waals surface area contributed by atoms with Crippen molar-refractivity contribution in [3.63, 3.8) is 0 Å². The lowest BCUT2D eigenvalue weighted by Crippen LogP contribution is -2.44. The largest absolute Gasteiger partial charge is 0.395 e. The van der Waals surface area contributed by atoms with Crippen LogP contribution >= 0.6 is 0 Å². The van der Waals surface area contributed by atoms with Gasteiger partial charge in [0.1, 0.15) is 0 Å². The fourth-order valence-corrected chi connectivity index (χ4v) is 2.44. The highest BCUT2D eigenvalue weighted by Crippen LogP contribution is 2.27. The molecule has 3 N–H and O–H groups in total. The SMILES string of the molecule is O=C(CN(CCO)CC1CCCN1)NCC1CC1. The van der Waals surface area contributed by atoms with Crippen molar-refractivity contribution in [3.8, 4) is 0 Å². The fourth-order valence-electron chi connectivity index (χ4n) is 2.44. The molecule has 1 amide bonds. The molecule has 1 atom stereocenters. The predicted octanol–water partition coefficient (Wildman–Crippen LogP) is -0.441. The van der Waals surface area contributed by atoms with Gasteiger partial charge in [-0.3, -0.25) is 9.69 Å². The molecule has 0 radical (unpaired) electrons. The summed E-state index contributed by atoms with van der Waals surface area (Å²) < 4.78 is 0. The van der Waals surface area contributed by atoms with Gasteiger partial charge >= 0.3 is 0 Å². The molecule has 0 spiro atoms. The smallest absolute Gasteiger partial charge is 0.234 e. The molecule has 0 aromatic rings. The van der Waals surface area contributed by atoms with Crippen LogP contribution in [0.15, 0.2) is 0 Å². The number of rotatable bonds is 8. The van der Waals surface area contributed by atoms with Crippen LogP contribution < -0.4 is 10.6 Å². The van der Waals surface area contributed by atoms with E-state index in [0.717, 1.165) is 25.6 Å². The Morgan fingerprint density at radius 2 is 2.22 bits per heavy atom. The molecule has 104 valence electrons. The summed E-state index contributed by atoms with van der Waals surface area (Å²) in [5.41, 5.74) is 0. The standard InChI is InChI=1S/C13H25N3O2/c17-7-6-16(9-12-2-1-5-14-12)10-13(18)15-8-11-3-4-11/h11-12,14,17H,1-10H2,(H,15,18). The van der Waals surface area contributed by atoms with Gasteiger partial charge < -0.3 is 15.7 Å². The molecule has 1 saturated carbocycles. The number of nitrogens with one attached hydrogen (secondary N) is 2. The van der Waals surface area contributed by atoms with Gasteiger partial charge in [-0.1, -0.05) is 0 Å². The Balaban J connectivity index is 1.67. The molecular weight excluding hydrogens is 230 g/mol. The Morgan fingerprint density at radius 1 is 1.39 bits per heavy atom. The first kappa shape index (κ1) is 13.8. The van der Waals surface area contributed by atoms with Gasteiger partial charge in [-0.05, 0) is 38.1 Å². The van der Waals surface area contributed by atoms with Crippen LogP contribution in [0.3, 0.4) is 0 Å². The van der Waals surface area contributed by atoms with Crippen LogP contribution in [-0.2, 0) is 4.79 Å². The van der Waals surface area contributed by atoms with Crippen molar-refractivity contribution in [2.75, 3.05) is 39.3 Å². The number of aliphatic hydroxyl groups is 1. The molecule has 2 rings (SSSR count). The highest BCUT2D eigenvalue weighted by Gasteiger charge is 2.23. The Morgan fingerprint density at radius 3 is 2.83 bits per heavy atom. The molecule has 1 saturated heterocycles. The van der Waals surface area contributed by atoms with E-state index in [-0.39, 0.29) is 12.5 Å². The molecular formula is C13H25N3O2. The zero-order valence-corrected chi connectivity index (χ0v) is 11.0. The van der Waals surface area contributed by atoms with E-state index >= 15 is 0 Å². The zero-order chi connectivity index (χ0) is 12.8. The highest BCUT2D eigenvalue weighted by molar-refractivity contribution is 5.78. The van der Waals surface area contributed by atoms with E-state index in [1.54, 1.807) is 0 Å². The van der Waals surface area contributed by atoms with E-state index in [9.17, 15) is 4.79 Å². The van der Waals surface area contributed by atoms with Gasteiger partial charge in [0.05, 0.1) is 13.2 Å². The maximum absolute atomic E-state index is 11.8. The van der Waals surface area contributed by atoms with Gasteiger partial charge in [0.15, 0.2) is 0 Å². The first-order valence-electron chi connectivity index (χ1n) is 7.11. The molecule has 1 heterocycles. The second-order valence-electron chi connectivity index (χ2n) is 5.50. The molecule has 1 aliphatic heterocycles. The molecule has 0 aromatic carbocycles. The lowest BCUT2D eigenvalue weighted by Gasteiger charge is -2.24. The van der Waals surface area contributed by atoms with Crippen molar-refractivity contribution in [1.82, 2.24) is 15.5 Å². The Labute approximate surface area is 109 Å². The average Bonchev–Trinajstić information content (AvgIpc) is 3.04. The number of amides is 1. The third kappa shape index (κ3) is 4.92. The Kier molecular flexibility index (Phi) is 5.41. The maximum Gasteiger partial charge on any atom is 0.234 e. The minimum atomic E-state index is 0.0911. The second kappa shape index (κ2) is 7.07. The first-order chi connectivity index (χ1) is 8.78. The van der Waals surface area contributed by atoms with Crippen LogP contribution in [0.25, 0.3) is 0 Å². The van der Waals surface area contributed by atoms with Gasteiger partial charge in [-0.25, -0.2) is 0 Å². The lowest BCUT2D eigenvalue weighted by atomic mass is 10.2. The molecule has 0 bridgehead atoms. The van der Waals surface area contributed by atoms with E-state index in [0.29, 0.717) is 19.1 Å². The van der Waals surface area contributed by atoms with E-state index in [1.165, 1.54) is 25.7 Å². The van der Waals surface area contributed by atoms with E-state index < -0.39 is 0 Å². The van der Waals surface area contributed by atoms with E-state index in [2.05, 4.69) is 10.6 Å². The summed E-state index contributed by atoms with van der Waals surface area (Å²) in [5, 5.41) is 15.5. The van der Waals surface area contributed by atoms with Crippen molar-refractivity contribution in [1.29, 1.82) is 0 Å². The molecule has 2 fully saturated rings. The summed E-state index contributed by atoms with van der Waals surface area (Å²) in [7, 11) is 0. The number of hydrogen-bond donors (Lipinski definition) is 3.